The van der Waals surface area contributed by atoms with Crippen molar-refractivity contribution >= 4 is 33.5 Å². The molecule has 2 N–H and O–H groups in total. The predicted octanol–water partition coefficient (Wildman–Crippen LogP) is 3.03. The van der Waals surface area contributed by atoms with E-state index in [1.807, 2.05) is 0 Å². The summed E-state index contributed by atoms with van der Waals surface area (Å²) >= 11 is 3.17. The summed E-state index contributed by atoms with van der Waals surface area (Å²) in [5.41, 5.74) is 0.491. The zero-order valence-corrected chi connectivity index (χ0v) is 11.6. The third-order valence-electron chi connectivity index (χ3n) is 3.34. The largest absolute Gasteiger partial charge is 0.481 e. The van der Waals surface area contributed by atoms with Crippen molar-refractivity contribution in [3.8, 4) is 0 Å². The van der Waals surface area contributed by atoms with E-state index in [-0.39, 0.29) is 11.8 Å². The second-order valence-corrected chi connectivity index (χ2v) is 5.51. The first kappa shape index (κ1) is 14.0. The lowest BCUT2D eigenvalue weighted by molar-refractivity contribution is -0.141. The van der Waals surface area contributed by atoms with Gasteiger partial charge in [0.1, 0.15) is 5.82 Å². The lowest BCUT2D eigenvalue weighted by atomic mass is 10.0. The minimum atomic E-state index is -0.849. The van der Waals surface area contributed by atoms with Crippen molar-refractivity contribution in [1.82, 2.24) is 0 Å². The quantitative estimate of drug-likeness (QED) is 0.895. The summed E-state index contributed by atoms with van der Waals surface area (Å²) in [6, 6.07) is 4.00. The highest BCUT2D eigenvalue weighted by molar-refractivity contribution is 9.10. The van der Waals surface area contributed by atoms with Crippen molar-refractivity contribution < 1.29 is 19.1 Å². The Kier molecular flexibility index (Phi) is 4.19. The average Bonchev–Trinajstić information content (AvgIpc) is 2.82. The molecule has 19 heavy (non-hydrogen) atoms. The van der Waals surface area contributed by atoms with Crippen molar-refractivity contribution in [1.29, 1.82) is 0 Å². The van der Waals surface area contributed by atoms with Gasteiger partial charge in [-0.25, -0.2) is 4.39 Å². The molecule has 0 unspecified atom stereocenters. The number of carbonyl (C=O) groups is 2. The van der Waals surface area contributed by atoms with E-state index in [2.05, 4.69) is 21.2 Å². The van der Waals surface area contributed by atoms with Crippen LogP contribution in [0.3, 0.4) is 0 Å². The highest BCUT2D eigenvalue weighted by atomic mass is 79.9. The van der Waals surface area contributed by atoms with Crippen LogP contribution in [0.4, 0.5) is 10.1 Å². The number of aliphatic carboxylic acids is 1. The second-order valence-electron chi connectivity index (χ2n) is 4.66. The van der Waals surface area contributed by atoms with Crippen LogP contribution < -0.4 is 5.32 Å². The van der Waals surface area contributed by atoms with Gasteiger partial charge in [-0.05, 0) is 53.4 Å². The van der Waals surface area contributed by atoms with E-state index in [9.17, 15) is 14.0 Å². The lowest BCUT2D eigenvalue weighted by Gasteiger charge is -2.12. The number of rotatable bonds is 3. The Morgan fingerprint density at radius 3 is 2.58 bits per heavy atom. The highest BCUT2D eigenvalue weighted by Crippen LogP contribution is 2.32. The molecular formula is C13H13BrFNO3. The SMILES string of the molecule is O=C(O)[C@H]1CC[C@@H](C(=O)Nc2ccc(F)cc2Br)C1. The zero-order chi connectivity index (χ0) is 14.0. The van der Waals surface area contributed by atoms with E-state index < -0.39 is 17.7 Å². The normalized spacial score (nSPS) is 22.2. The van der Waals surface area contributed by atoms with Gasteiger partial charge in [0.05, 0.1) is 11.6 Å². The van der Waals surface area contributed by atoms with Crippen LogP contribution >= 0.6 is 15.9 Å². The van der Waals surface area contributed by atoms with Crippen LogP contribution in [0, 0.1) is 17.7 Å². The maximum absolute atomic E-state index is 12.9. The smallest absolute Gasteiger partial charge is 0.306 e. The van der Waals surface area contributed by atoms with Gasteiger partial charge in [0.15, 0.2) is 0 Å². The molecule has 1 aliphatic rings. The van der Waals surface area contributed by atoms with E-state index in [0.717, 1.165) is 0 Å². The summed E-state index contributed by atoms with van der Waals surface area (Å²) in [7, 11) is 0. The number of benzene rings is 1. The van der Waals surface area contributed by atoms with Crippen LogP contribution in [-0.4, -0.2) is 17.0 Å². The molecule has 0 bridgehead atoms. The van der Waals surface area contributed by atoms with Crippen LogP contribution in [0.25, 0.3) is 0 Å². The van der Waals surface area contributed by atoms with Gasteiger partial charge < -0.3 is 10.4 Å². The van der Waals surface area contributed by atoms with E-state index in [1.54, 1.807) is 0 Å². The van der Waals surface area contributed by atoms with Crippen molar-refractivity contribution in [3.63, 3.8) is 0 Å². The molecule has 102 valence electrons. The van der Waals surface area contributed by atoms with Crippen molar-refractivity contribution in [2.75, 3.05) is 5.32 Å². The number of anilines is 1. The molecule has 4 nitrogen and oxygen atoms in total. The number of hydrogen-bond acceptors (Lipinski definition) is 2. The van der Waals surface area contributed by atoms with E-state index in [0.29, 0.717) is 29.4 Å². The Bertz CT molecular complexity index is 521. The average molecular weight is 330 g/mol. The molecule has 0 radical (unpaired) electrons. The summed E-state index contributed by atoms with van der Waals surface area (Å²) in [5.74, 6) is -2.18. The van der Waals surface area contributed by atoms with E-state index in [4.69, 9.17) is 5.11 Å². The standard InChI is InChI=1S/C13H13BrFNO3/c14-10-6-9(15)3-4-11(10)16-12(17)7-1-2-8(5-7)13(18)19/h3-4,6-8H,1-2,5H2,(H,16,17)(H,18,19)/t7-,8+/m1/s1. The van der Waals surface area contributed by atoms with Gasteiger partial charge in [-0.15, -0.1) is 0 Å². The number of carboxylic acid groups (broad SMARTS) is 1. The number of carbonyl (C=O) groups excluding carboxylic acids is 1. The summed E-state index contributed by atoms with van der Waals surface area (Å²) in [5, 5.41) is 11.6. The Morgan fingerprint density at radius 1 is 1.32 bits per heavy atom. The number of halogens is 2. The second kappa shape index (κ2) is 5.69. The van der Waals surface area contributed by atoms with Crippen LogP contribution in [0.15, 0.2) is 22.7 Å². The molecule has 1 fully saturated rings. The fourth-order valence-corrected chi connectivity index (χ4v) is 2.72. The number of amides is 1. The summed E-state index contributed by atoms with van der Waals surface area (Å²) < 4.78 is 13.4. The molecule has 2 atom stereocenters. The Morgan fingerprint density at radius 2 is 2.00 bits per heavy atom. The first-order chi connectivity index (χ1) is 8.97. The topological polar surface area (TPSA) is 66.4 Å². The first-order valence-electron chi connectivity index (χ1n) is 5.96. The first-order valence-corrected chi connectivity index (χ1v) is 6.75. The third-order valence-corrected chi connectivity index (χ3v) is 4.00. The molecule has 1 aliphatic carbocycles. The van der Waals surface area contributed by atoms with Gasteiger partial charge in [-0.1, -0.05) is 0 Å². The van der Waals surface area contributed by atoms with Gasteiger partial charge in [-0.3, -0.25) is 9.59 Å². The van der Waals surface area contributed by atoms with E-state index >= 15 is 0 Å². The minimum absolute atomic E-state index is 0.212. The molecule has 2 rings (SSSR count). The maximum atomic E-state index is 12.9. The van der Waals surface area contributed by atoms with Gasteiger partial charge in [0, 0.05) is 10.4 Å². The molecule has 0 saturated heterocycles. The van der Waals surface area contributed by atoms with Crippen LogP contribution in [-0.2, 0) is 9.59 Å². The predicted molar refractivity (Wildman–Crippen MR) is 71.2 cm³/mol. The van der Waals surface area contributed by atoms with Crippen LogP contribution in [0.2, 0.25) is 0 Å². The van der Waals surface area contributed by atoms with Crippen molar-refractivity contribution in [2.45, 2.75) is 19.3 Å². The van der Waals surface area contributed by atoms with Gasteiger partial charge >= 0.3 is 5.97 Å². The molecular weight excluding hydrogens is 317 g/mol. The Labute approximate surface area is 118 Å². The summed E-state index contributed by atoms with van der Waals surface area (Å²) in [6.07, 6.45) is 1.46. The van der Waals surface area contributed by atoms with Crippen LogP contribution in [0.5, 0.6) is 0 Å². The number of hydrogen-bond donors (Lipinski definition) is 2. The molecule has 0 spiro atoms. The highest BCUT2D eigenvalue weighted by Gasteiger charge is 2.33. The fourth-order valence-electron chi connectivity index (χ4n) is 2.27. The van der Waals surface area contributed by atoms with Gasteiger partial charge in [0.25, 0.3) is 0 Å². The van der Waals surface area contributed by atoms with Gasteiger partial charge in [-0.2, -0.15) is 0 Å². The number of nitrogens with one attached hydrogen (secondary N) is 1. The van der Waals surface area contributed by atoms with E-state index in [1.165, 1.54) is 18.2 Å². The van der Waals surface area contributed by atoms with Crippen molar-refractivity contribution in [2.24, 2.45) is 11.8 Å². The molecule has 6 heteroatoms. The summed E-state index contributed by atoms with van der Waals surface area (Å²) in [4.78, 5) is 22.8. The monoisotopic (exact) mass is 329 g/mol. The molecule has 1 aromatic rings. The molecule has 0 heterocycles. The molecule has 0 aliphatic heterocycles. The summed E-state index contributed by atoms with van der Waals surface area (Å²) in [6.45, 7) is 0. The Balaban J connectivity index is 2.00. The molecule has 1 saturated carbocycles. The maximum Gasteiger partial charge on any atom is 0.306 e. The van der Waals surface area contributed by atoms with Crippen molar-refractivity contribution in [3.05, 3.63) is 28.5 Å². The molecule has 1 aromatic carbocycles. The fraction of sp³-hybridized carbons (Fsp3) is 0.385. The minimum Gasteiger partial charge on any atom is -0.481 e. The van der Waals surface area contributed by atoms with Crippen LogP contribution in [0.1, 0.15) is 19.3 Å². The Hall–Kier alpha value is -1.43. The lowest BCUT2D eigenvalue weighted by Crippen LogP contribution is -2.21. The van der Waals surface area contributed by atoms with Gasteiger partial charge in [0.2, 0.25) is 5.91 Å². The third kappa shape index (κ3) is 3.32. The zero-order valence-electron chi connectivity index (χ0n) is 10.0. The number of carboxylic acids is 1. The molecule has 1 amide bonds. The molecule has 0 aromatic heterocycles.